The van der Waals surface area contributed by atoms with Crippen LogP contribution in [0.4, 0.5) is 20.5 Å². The fourth-order valence-electron chi connectivity index (χ4n) is 1.42. The van der Waals surface area contributed by atoms with Crippen LogP contribution in [0.1, 0.15) is 6.42 Å². The van der Waals surface area contributed by atoms with E-state index in [1.54, 1.807) is 7.05 Å². The third-order valence-corrected chi connectivity index (χ3v) is 2.57. The first-order valence-electron chi connectivity index (χ1n) is 5.18. The molecular formula is C11H10ClF2N4. The van der Waals surface area contributed by atoms with Crippen LogP contribution in [-0.2, 0) is 0 Å². The van der Waals surface area contributed by atoms with Gasteiger partial charge in [-0.15, -0.1) is 0 Å². The molecule has 0 aliphatic heterocycles. The molecule has 0 fully saturated rings. The Morgan fingerprint density at radius 1 is 1.39 bits per heavy atom. The van der Waals surface area contributed by atoms with Crippen LogP contribution >= 0.6 is 11.6 Å². The second kappa shape index (κ2) is 5.30. The maximum Gasteiger partial charge on any atom is 0.229 e. The number of anilines is 2. The Kier molecular flexibility index (Phi) is 3.76. The van der Waals surface area contributed by atoms with Gasteiger partial charge in [-0.05, 0) is 6.42 Å². The van der Waals surface area contributed by atoms with Crippen molar-refractivity contribution in [1.29, 1.82) is 0 Å². The molecule has 0 saturated carbocycles. The number of allylic oxidation sites excluding steroid dienone is 3. The van der Waals surface area contributed by atoms with Crippen LogP contribution in [0.15, 0.2) is 29.6 Å². The molecule has 1 aliphatic carbocycles. The van der Waals surface area contributed by atoms with Gasteiger partial charge in [0.1, 0.15) is 16.7 Å². The van der Waals surface area contributed by atoms with Crippen LogP contribution in [0.2, 0.25) is 5.02 Å². The Morgan fingerprint density at radius 3 is 2.89 bits per heavy atom. The number of nitrogens with zero attached hydrogens (tertiary/aromatic N) is 2. The van der Waals surface area contributed by atoms with Gasteiger partial charge in [0, 0.05) is 13.5 Å². The van der Waals surface area contributed by atoms with Gasteiger partial charge in [-0.25, -0.2) is 13.8 Å². The highest BCUT2D eigenvalue weighted by atomic mass is 35.5. The third-order valence-electron chi connectivity index (χ3n) is 2.29. The summed E-state index contributed by atoms with van der Waals surface area (Å²) in [7, 11) is 1.65. The van der Waals surface area contributed by atoms with Crippen LogP contribution in [0.25, 0.3) is 0 Å². The van der Waals surface area contributed by atoms with Crippen molar-refractivity contribution in [3.05, 3.63) is 41.1 Å². The Balaban J connectivity index is 2.22. The molecule has 0 aromatic carbocycles. The number of aromatic nitrogens is 2. The third kappa shape index (κ3) is 2.59. The molecule has 1 radical (unpaired) electrons. The summed E-state index contributed by atoms with van der Waals surface area (Å²) in [6.45, 7) is 0. The predicted octanol–water partition coefficient (Wildman–Crippen LogP) is 3.23. The fourth-order valence-corrected chi connectivity index (χ4v) is 1.60. The molecule has 0 bridgehead atoms. The van der Waals surface area contributed by atoms with Crippen molar-refractivity contribution in [2.75, 3.05) is 17.7 Å². The van der Waals surface area contributed by atoms with E-state index < -0.39 is 11.7 Å². The van der Waals surface area contributed by atoms with Gasteiger partial charge in [-0.1, -0.05) is 17.7 Å². The quantitative estimate of drug-likeness (QED) is 0.886. The zero-order valence-electron chi connectivity index (χ0n) is 9.47. The molecular weight excluding hydrogens is 262 g/mol. The average Bonchev–Trinajstić information content (AvgIpc) is 2.37. The first-order valence-corrected chi connectivity index (χ1v) is 5.56. The van der Waals surface area contributed by atoms with Gasteiger partial charge in [0.25, 0.3) is 0 Å². The van der Waals surface area contributed by atoms with Crippen molar-refractivity contribution in [3.63, 3.8) is 0 Å². The lowest BCUT2D eigenvalue weighted by Gasteiger charge is -2.13. The molecule has 2 rings (SSSR count). The fraction of sp³-hybridized carbons (Fsp3) is 0.182. The standard InChI is InChI=1S/C11H10ClF2N4/c1-15-10-6(12)5-16-11(18-10)17-8-4-2-3-7(13)9(8)14/h3-5H,2H2,1H3,(H2,15,16,17,18). The second-order valence-electron chi connectivity index (χ2n) is 3.48. The lowest BCUT2D eigenvalue weighted by molar-refractivity contribution is 0.543. The molecule has 1 aromatic rings. The summed E-state index contributed by atoms with van der Waals surface area (Å²) in [5, 5.41) is 5.72. The largest absolute Gasteiger partial charge is 0.372 e. The summed E-state index contributed by atoms with van der Waals surface area (Å²) in [5.74, 6) is -1.30. The Bertz CT molecular complexity index is 528. The molecule has 0 saturated heterocycles. The molecule has 1 aromatic heterocycles. The molecule has 0 spiro atoms. The maximum atomic E-state index is 13.4. The molecule has 1 aliphatic rings. The Hall–Kier alpha value is -1.69. The minimum Gasteiger partial charge on any atom is -0.372 e. The first kappa shape index (κ1) is 12.8. The van der Waals surface area contributed by atoms with Gasteiger partial charge in [-0.2, -0.15) is 4.98 Å². The van der Waals surface area contributed by atoms with Crippen LogP contribution in [0.3, 0.4) is 0 Å². The van der Waals surface area contributed by atoms with Crippen LogP contribution in [0.5, 0.6) is 0 Å². The minimum atomic E-state index is -0.953. The normalized spacial score (nSPS) is 15.4. The van der Waals surface area contributed by atoms with E-state index in [-0.39, 0.29) is 11.6 Å². The molecule has 0 unspecified atom stereocenters. The number of hydrogen-bond acceptors (Lipinski definition) is 4. The van der Waals surface area contributed by atoms with E-state index in [9.17, 15) is 8.78 Å². The van der Waals surface area contributed by atoms with Gasteiger partial charge in [0.2, 0.25) is 5.95 Å². The molecule has 4 nitrogen and oxygen atoms in total. The summed E-state index contributed by atoms with van der Waals surface area (Å²) in [6.07, 6.45) is 4.35. The average molecular weight is 272 g/mol. The van der Waals surface area contributed by atoms with Crippen molar-refractivity contribution in [2.45, 2.75) is 6.42 Å². The summed E-state index contributed by atoms with van der Waals surface area (Å²) in [6, 6.07) is 0. The molecule has 95 valence electrons. The summed E-state index contributed by atoms with van der Waals surface area (Å²) in [4.78, 5) is 7.90. The van der Waals surface area contributed by atoms with E-state index in [1.165, 1.54) is 12.3 Å². The zero-order chi connectivity index (χ0) is 13.1. The highest BCUT2D eigenvalue weighted by molar-refractivity contribution is 6.32. The lowest BCUT2D eigenvalue weighted by Crippen LogP contribution is -2.09. The second-order valence-corrected chi connectivity index (χ2v) is 3.89. The molecule has 2 N–H and O–H groups in total. The van der Waals surface area contributed by atoms with E-state index in [4.69, 9.17) is 11.6 Å². The first-order chi connectivity index (χ1) is 8.61. The highest BCUT2D eigenvalue weighted by Crippen LogP contribution is 2.27. The van der Waals surface area contributed by atoms with Crippen LogP contribution < -0.4 is 10.6 Å². The molecule has 1 heterocycles. The van der Waals surface area contributed by atoms with Crippen molar-refractivity contribution in [1.82, 2.24) is 9.97 Å². The maximum absolute atomic E-state index is 13.4. The SMILES string of the molecule is CNc1nc(NC2=CC[CH]C(F)=C2F)ncc1Cl. The van der Waals surface area contributed by atoms with Crippen LogP contribution in [0, 0.1) is 6.42 Å². The van der Waals surface area contributed by atoms with Crippen molar-refractivity contribution in [2.24, 2.45) is 0 Å². The molecule has 7 heteroatoms. The van der Waals surface area contributed by atoms with Crippen molar-refractivity contribution in [3.8, 4) is 0 Å². The van der Waals surface area contributed by atoms with E-state index in [2.05, 4.69) is 20.6 Å². The number of halogens is 3. The number of hydrogen-bond donors (Lipinski definition) is 2. The molecule has 0 atom stereocenters. The topological polar surface area (TPSA) is 49.8 Å². The summed E-state index contributed by atoms with van der Waals surface area (Å²) in [5.41, 5.74) is 0.0133. The van der Waals surface area contributed by atoms with Crippen molar-refractivity contribution >= 4 is 23.4 Å². The summed E-state index contributed by atoms with van der Waals surface area (Å²) < 4.78 is 26.5. The van der Waals surface area contributed by atoms with Gasteiger partial charge in [0.05, 0.1) is 11.9 Å². The predicted molar refractivity (Wildman–Crippen MR) is 66.5 cm³/mol. The Morgan fingerprint density at radius 2 is 2.17 bits per heavy atom. The van der Waals surface area contributed by atoms with E-state index >= 15 is 0 Å². The van der Waals surface area contributed by atoms with Gasteiger partial charge < -0.3 is 10.6 Å². The van der Waals surface area contributed by atoms with E-state index in [0.29, 0.717) is 17.3 Å². The van der Waals surface area contributed by atoms with E-state index in [0.717, 1.165) is 6.42 Å². The Labute approximate surface area is 108 Å². The number of rotatable bonds is 3. The summed E-state index contributed by atoms with van der Waals surface area (Å²) >= 11 is 5.81. The smallest absolute Gasteiger partial charge is 0.229 e. The number of nitrogens with one attached hydrogen (secondary N) is 2. The van der Waals surface area contributed by atoms with Crippen molar-refractivity contribution < 1.29 is 8.78 Å². The van der Waals surface area contributed by atoms with Gasteiger partial charge >= 0.3 is 0 Å². The zero-order valence-corrected chi connectivity index (χ0v) is 10.2. The van der Waals surface area contributed by atoms with Gasteiger partial charge in [0.15, 0.2) is 5.83 Å². The monoisotopic (exact) mass is 271 g/mol. The lowest BCUT2D eigenvalue weighted by atomic mass is 10.1. The molecule has 0 amide bonds. The minimum absolute atomic E-state index is 0.0133. The molecule has 18 heavy (non-hydrogen) atoms. The van der Waals surface area contributed by atoms with Crippen LogP contribution in [-0.4, -0.2) is 17.0 Å². The van der Waals surface area contributed by atoms with Gasteiger partial charge in [-0.3, -0.25) is 0 Å². The van der Waals surface area contributed by atoms with E-state index in [1.807, 2.05) is 0 Å². The highest BCUT2D eigenvalue weighted by Gasteiger charge is 2.17.